The quantitative estimate of drug-likeness (QED) is 0.740. The van der Waals surface area contributed by atoms with Crippen LogP contribution >= 0.6 is 0 Å². The molecule has 0 saturated carbocycles. The van der Waals surface area contributed by atoms with Crippen molar-refractivity contribution < 1.29 is 14.6 Å². The topological polar surface area (TPSA) is 58.6 Å². The molecule has 1 amide bonds. The first-order valence-electron chi connectivity index (χ1n) is 6.48. The summed E-state index contributed by atoms with van der Waals surface area (Å²) < 4.78 is 5.47. The summed E-state index contributed by atoms with van der Waals surface area (Å²) in [6, 6.07) is 7.52. The van der Waals surface area contributed by atoms with E-state index >= 15 is 0 Å². The molecule has 4 nitrogen and oxygen atoms in total. The number of rotatable bonds is 7. The molecule has 0 spiro atoms. The van der Waals surface area contributed by atoms with Crippen LogP contribution < -0.4 is 10.1 Å². The number of para-hydroxylation sites is 1. The molecule has 0 aliphatic heterocycles. The van der Waals surface area contributed by atoms with E-state index in [-0.39, 0.29) is 18.6 Å². The second kappa shape index (κ2) is 8.32. The molecule has 0 saturated heterocycles. The minimum absolute atomic E-state index is 0.0377. The monoisotopic (exact) mass is 263 g/mol. The van der Waals surface area contributed by atoms with E-state index in [4.69, 9.17) is 9.84 Å². The molecule has 0 radical (unpaired) electrons. The Bertz CT molecular complexity index is 429. The van der Waals surface area contributed by atoms with E-state index in [1.54, 1.807) is 6.08 Å². The second-order valence-electron chi connectivity index (χ2n) is 4.23. The fraction of sp³-hybridized carbons (Fsp3) is 0.400. The molecule has 1 aromatic rings. The summed E-state index contributed by atoms with van der Waals surface area (Å²) in [6.07, 6.45) is 3.76. The summed E-state index contributed by atoms with van der Waals surface area (Å²) in [5.74, 6) is 0.588. The lowest BCUT2D eigenvalue weighted by atomic mass is 10.2. The molecule has 1 atom stereocenters. The first kappa shape index (κ1) is 15.2. The fourth-order valence-electron chi connectivity index (χ4n) is 1.63. The summed E-state index contributed by atoms with van der Waals surface area (Å²) in [5.41, 5.74) is 0.870. The predicted octanol–water partition coefficient (Wildman–Crippen LogP) is 1.99. The lowest BCUT2D eigenvalue weighted by Gasteiger charge is -2.10. The van der Waals surface area contributed by atoms with Crippen molar-refractivity contribution in [2.24, 2.45) is 0 Å². The van der Waals surface area contributed by atoms with Crippen LogP contribution in [-0.4, -0.2) is 30.3 Å². The maximum Gasteiger partial charge on any atom is 0.244 e. The Morgan fingerprint density at radius 2 is 2.21 bits per heavy atom. The van der Waals surface area contributed by atoms with Crippen LogP contribution in [0.5, 0.6) is 5.75 Å². The van der Waals surface area contributed by atoms with Gasteiger partial charge in [-0.05, 0) is 32.4 Å². The van der Waals surface area contributed by atoms with E-state index in [0.29, 0.717) is 13.0 Å². The van der Waals surface area contributed by atoms with Gasteiger partial charge in [-0.25, -0.2) is 0 Å². The van der Waals surface area contributed by atoms with Crippen molar-refractivity contribution in [1.82, 2.24) is 5.32 Å². The van der Waals surface area contributed by atoms with Gasteiger partial charge in [0.2, 0.25) is 5.91 Å². The Morgan fingerprint density at radius 1 is 1.47 bits per heavy atom. The van der Waals surface area contributed by atoms with Gasteiger partial charge in [0.1, 0.15) is 5.75 Å². The first-order valence-corrected chi connectivity index (χ1v) is 6.48. The predicted molar refractivity (Wildman–Crippen MR) is 76.0 cm³/mol. The summed E-state index contributed by atoms with van der Waals surface area (Å²) in [6.45, 7) is 4.43. The van der Waals surface area contributed by atoms with Gasteiger partial charge in [0, 0.05) is 24.3 Å². The third-order valence-electron chi connectivity index (χ3n) is 2.58. The third-order valence-corrected chi connectivity index (χ3v) is 2.58. The summed E-state index contributed by atoms with van der Waals surface area (Å²) in [5, 5.41) is 11.5. The molecular weight excluding hydrogens is 242 g/mol. The molecule has 0 aromatic heterocycles. The molecule has 0 bridgehead atoms. The van der Waals surface area contributed by atoms with Crippen molar-refractivity contribution in [1.29, 1.82) is 0 Å². The zero-order valence-electron chi connectivity index (χ0n) is 11.4. The fourth-order valence-corrected chi connectivity index (χ4v) is 1.63. The second-order valence-corrected chi connectivity index (χ2v) is 4.23. The van der Waals surface area contributed by atoms with Crippen LogP contribution in [0.25, 0.3) is 6.08 Å². The molecule has 0 aliphatic rings. The molecule has 1 unspecified atom stereocenters. The number of aliphatic hydroxyl groups excluding tert-OH is 1. The Balaban J connectivity index is 2.63. The largest absolute Gasteiger partial charge is 0.493 e. The van der Waals surface area contributed by atoms with Crippen molar-refractivity contribution in [3.05, 3.63) is 35.9 Å². The average Bonchev–Trinajstić information content (AvgIpc) is 2.38. The minimum atomic E-state index is -0.174. The van der Waals surface area contributed by atoms with E-state index in [1.807, 2.05) is 38.1 Å². The number of benzene rings is 1. The van der Waals surface area contributed by atoms with E-state index in [9.17, 15) is 4.79 Å². The van der Waals surface area contributed by atoms with E-state index < -0.39 is 0 Å². The Hall–Kier alpha value is -1.81. The number of amides is 1. The molecule has 1 rings (SSSR count). The molecule has 0 fully saturated rings. The molecule has 1 aromatic carbocycles. The highest BCUT2D eigenvalue weighted by atomic mass is 16.5. The van der Waals surface area contributed by atoms with Crippen molar-refractivity contribution >= 4 is 12.0 Å². The average molecular weight is 263 g/mol. The van der Waals surface area contributed by atoms with Crippen LogP contribution in [0.1, 0.15) is 25.8 Å². The molecule has 2 N–H and O–H groups in total. The number of nitrogens with one attached hydrogen (secondary N) is 1. The van der Waals surface area contributed by atoms with Gasteiger partial charge in [-0.15, -0.1) is 0 Å². The van der Waals surface area contributed by atoms with Crippen LogP contribution in [-0.2, 0) is 4.79 Å². The Labute approximate surface area is 114 Å². The van der Waals surface area contributed by atoms with E-state index in [1.165, 1.54) is 6.08 Å². The molecule has 0 heterocycles. The third kappa shape index (κ3) is 5.57. The van der Waals surface area contributed by atoms with Gasteiger partial charge in [-0.2, -0.15) is 0 Å². The SMILES string of the molecule is CCOc1ccccc1/C=C/C(=O)NC(C)CCO. The van der Waals surface area contributed by atoms with Crippen LogP contribution in [0.15, 0.2) is 30.3 Å². The van der Waals surface area contributed by atoms with Gasteiger partial charge in [-0.3, -0.25) is 4.79 Å². The van der Waals surface area contributed by atoms with Gasteiger partial charge in [0.15, 0.2) is 0 Å². The lowest BCUT2D eigenvalue weighted by molar-refractivity contribution is -0.117. The van der Waals surface area contributed by atoms with E-state index in [2.05, 4.69) is 5.32 Å². The lowest BCUT2D eigenvalue weighted by Crippen LogP contribution is -2.31. The van der Waals surface area contributed by atoms with Crippen molar-refractivity contribution in [3.8, 4) is 5.75 Å². The summed E-state index contributed by atoms with van der Waals surface area (Å²) in [4.78, 5) is 11.7. The van der Waals surface area contributed by atoms with Crippen molar-refractivity contribution in [3.63, 3.8) is 0 Å². The van der Waals surface area contributed by atoms with Crippen LogP contribution in [0.2, 0.25) is 0 Å². The van der Waals surface area contributed by atoms with E-state index in [0.717, 1.165) is 11.3 Å². The Kier molecular flexibility index (Phi) is 6.68. The van der Waals surface area contributed by atoms with Gasteiger partial charge in [0.05, 0.1) is 6.61 Å². The first-order chi connectivity index (χ1) is 9.17. The van der Waals surface area contributed by atoms with Crippen molar-refractivity contribution in [2.75, 3.05) is 13.2 Å². The maximum atomic E-state index is 11.7. The minimum Gasteiger partial charge on any atom is -0.493 e. The molecule has 4 heteroatoms. The molecule has 19 heavy (non-hydrogen) atoms. The van der Waals surface area contributed by atoms with Gasteiger partial charge < -0.3 is 15.2 Å². The highest BCUT2D eigenvalue weighted by molar-refractivity contribution is 5.92. The standard InChI is InChI=1S/C15H21NO3/c1-3-19-14-7-5-4-6-13(14)8-9-15(18)16-12(2)10-11-17/h4-9,12,17H,3,10-11H2,1-2H3,(H,16,18)/b9-8+. The number of hydrogen-bond acceptors (Lipinski definition) is 3. The van der Waals surface area contributed by atoms with Gasteiger partial charge >= 0.3 is 0 Å². The maximum absolute atomic E-state index is 11.7. The number of carbonyl (C=O) groups is 1. The highest BCUT2D eigenvalue weighted by Gasteiger charge is 2.04. The van der Waals surface area contributed by atoms with Crippen LogP contribution in [0.3, 0.4) is 0 Å². The summed E-state index contributed by atoms with van der Waals surface area (Å²) in [7, 11) is 0. The Morgan fingerprint density at radius 3 is 2.89 bits per heavy atom. The zero-order chi connectivity index (χ0) is 14.1. The summed E-state index contributed by atoms with van der Waals surface area (Å²) >= 11 is 0. The number of ether oxygens (including phenoxy) is 1. The number of aliphatic hydroxyl groups is 1. The van der Waals surface area contributed by atoms with Crippen molar-refractivity contribution in [2.45, 2.75) is 26.3 Å². The normalized spacial score (nSPS) is 12.4. The molecular formula is C15H21NO3. The number of hydrogen-bond donors (Lipinski definition) is 2. The molecule has 104 valence electrons. The number of carbonyl (C=O) groups excluding carboxylic acids is 1. The highest BCUT2D eigenvalue weighted by Crippen LogP contribution is 2.19. The smallest absolute Gasteiger partial charge is 0.244 e. The van der Waals surface area contributed by atoms with Crippen LogP contribution in [0.4, 0.5) is 0 Å². The molecule has 0 aliphatic carbocycles. The zero-order valence-corrected chi connectivity index (χ0v) is 11.4. The van der Waals surface area contributed by atoms with Gasteiger partial charge in [0.25, 0.3) is 0 Å². The van der Waals surface area contributed by atoms with Crippen LogP contribution in [0, 0.1) is 0 Å². The van der Waals surface area contributed by atoms with Gasteiger partial charge in [-0.1, -0.05) is 18.2 Å².